The van der Waals surface area contributed by atoms with E-state index in [1.165, 1.54) is 32.1 Å². The van der Waals surface area contributed by atoms with Crippen molar-refractivity contribution in [2.24, 2.45) is 5.92 Å². The molecule has 1 aliphatic heterocycles. The van der Waals surface area contributed by atoms with E-state index in [2.05, 4.69) is 5.32 Å². The molecule has 0 aromatic heterocycles. The Hall–Kier alpha value is -0.570. The van der Waals surface area contributed by atoms with Crippen LogP contribution in [0.15, 0.2) is 0 Å². The van der Waals surface area contributed by atoms with Crippen LogP contribution < -0.4 is 5.32 Å². The van der Waals surface area contributed by atoms with Gasteiger partial charge in [0.1, 0.15) is 6.04 Å². The predicted molar refractivity (Wildman–Crippen MR) is 53.9 cm³/mol. The maximum absolute atomic E-state index is 11.6. The quantitative estimate of drug-likeness (QED) is 0.681. The summed E-state index contributed by atoms with van der Waals surface area (Å²) in [4.78, 5) is 11.6. The van der Waals surface area contributed by atoms with Crippen LogP contribution in [0.5, 0.6) is 0 Å². The largest absolute Gasteiger partial charge is 0.465 e. The normalized spacial score (nSPS) is 36.5. The van der Waals surface area contributed by atoms with E-state index < -0.39 is 0 Å². The third kappa shape index (κ3) is 1.92. The van der Waals surface area contributed by atoms with Crippen molar-refractivity contribution in [3.63, 3.8) is 0 Å². The zero-order chi connectivity index (χ0) is 9.97. The smallest absolute Gasteiger partial charge is 0.323 e. The van der Waals surface area contributed by atoms with Gasteiger partial charge < -0.3 is 10.1 Å². The molecule has 1 N–H and O–H groups in total. The highest BCUT2D eigenvalue weighted by molar-refractivity contribution is 5.76. The van der Waals surface area contributed by atoms with Crippen LogP contribution in [0.1, 0.15) is 39.0 Å². The van der Waals surface area contributed by atoms with Crippen LogP contribution in [0.4, 0.5) is 0 Å². The summed E-state index contributed by atoms with van der Waals surface area (Å²) < 4.78 is 5.07. The molecule has 1 saturated carbocycles. The van der Waals surface area contributed by atoms with E-state index in [1.807, 2.05) is 6.92 Å². The van der Waals surface area contributed by atoms with Crippen LogP contribution in [-0.2, 0) is 9.53 Å². The summed E-state index contributed by atoms with van der Waals surface area (Å²) in [5, 5.41) is 3.40. The van der Waals surface area contributed by atoms with Crippen molar-refractivity contribution in [2.45, 2.75) is 51.1 Å². The van der Waals surface area contributed by atoms with Gasteiger partial charge in [0.15, 0.2) is 0 Å². The van der Waals surface area contributed by atoms with E-state index >= 15 is 0 Å². The lowest BCUT2D eigenvalue weighted by Crippen LogP contribution is -2.40. The molecule has 1 saturated heterocycles. The summed E-state index contributed by atoms with van der Waals surface area (Å²) in [6, 6.07) is 0.553. The standard InChI is InChI=1S/C11H19NO2/c1-2-14-11(13)10-8-5-3-4-6-9(7-8)12-10/h8-10,12H,2-7H2,1H3/t8-,9+,10?/m0/s1. The van der Waals surface area contributed by atoms with Crippen LogP contribution >= 0.6 is 0 Å². The SMILES string of the molecule is CCOC(=O)C1N[C@@H]2CCCC[C@H]1C2. The van der Waals surface area contributed by atoms with Crippen LogP contribution in [0.3, 0.4) is 0 Å². The van der Waals surface area contributed by atoms with Crippen molar-refractivity contribution >= 4 is 5.97 Å². The fourth-order valence-corrected chi connectivity index (χ4v) is 2.74. The van der Waals surface area contributed by atoms with Crippen molar-refractivity contribution in [2.75, 3.05) is 6.61 Å². The number of ether oxygens (including phenoxy) is 1. The van der Waals surface area contributed by atoms with Crippen LogP contribution in [0, 0.1) is 5.92 Å². The summed E-state index contributed by atoms with van der Waals surface area (Å²) in [6.45, 7) is 2.36. The fraction of sp³-hybridized carbons (Fsp3) is 0.909. The van der Waals surface area contributed by atoms with Crippen LogP contribution in [0.2, 0.25) is 0 Å². The molecule has 3 atom stereocenters. The first-order valence-corrected chi connectivity index (χ1v) is 5.74. The minimum atomic E-state index is -0.0399. The van der Waals surface area contributed by atoms with Crippen molar-refractivity contribution in [3.8, 4) is 0 Å². The molecule has 2 fully saturated rings. The van der Waals surface area contributed by atoms with Gasteiger partial charge in [-0.1, -0.05) is 12.8 Å². The second kappa shape index (κ2) is 4.30. The molecule has 0 aromatic rings. The number of rotatable bonds is 2. The lowest BCUT2D eigenvalue weighted by Gasteiger charge is -2.19. The first-order valence-electron chi connectivity index (χ1n) is 5.74. The Balaban J connectivity index is 1.97. The maximum atomic E-state index is 11.6. The minimum Gasteiger partial charge on any atom is -0.465 e. The predicted octanol–water partition coefficient (Wildman–Crippen LogP) is 1.47. The van der Waals surface area contributed by atoms with E-state index in [1.54, 1.807) is 0 Å². The van der Waals surface area contributed by atoms with Crippen molar-refractivity contribution < 1.29 is 9.53 Å². The molecule has 1 aliphatic carbocycles. The minimum absolute atomic E-state index is 0.0137. The summed E-state index contributed by atoms with van der Waals surface area (Å²) in [5.74, 6) is 0.489. The number of carbonyl (C=O) groups is 1. The second-order valence-corrected chi connectivity index (χ2v) is 4.37. The van der Waals surface area contributed by atoms with Crippen LogP contribution in [0.25, 0.3) is 0 Å². The van der Waals surface area contributed by atoms with E-state index in [9.17, 15) is 4.79 Å². The number of fused-ring (bicyclic) bond motifs is 2. The van der Waals surface area contributed by atoms with Gasteiger partial charge in [-0.25, -0.2) is 0 Å². The zero-order valence-electron chi connectivity index (χ0n) is 8.79. The van der Waals surface area contributed by atoms with E-state index in [4.69, 9.17) is 4.74 Å². The summed E-state index contributed by atoms with van der Waals surface area (Å²) in [7, 11) is 0. The Morgan fingerprint density at radius 1 is 1.43 bits per heavy atom. The molecule has 0 amide bonds. The highest BCUT2D eigenvalue weighted by Crippen LogP contribution is 2.32. The molecule has 3 nitrogen and oxygen atoms in total. The molecule has 2 rings (SSSR count). The Bertz CT molecular complexity index is 217. The zero-order valence-corrected chi connectivity index (χ0v) is 8.79. The molecule has 0 aromatic carbocycles. The second-order valence-electron chi connectivity index (χ2n) is 4.37. The molecular weight excluding hydrogens is 178 g/mol. The van der Waals surface area contributed by atoms with Gasteiger partial charge in [-0.2, -0.15) is 0 Å². The van der Waals surface area contributed by atoms with Crippen molar-refractivity contribution in [3.05, 3.63) is 0 Å². The fourth-order valence-electron chi connectivity index (χ4n) is 2.74. The van der Waals surface area contributed by atoms with Gasteiger partial charge >= 0.3 is 5.97 Å². The van der Waals surface area contributed by atoms with Gasteiger partial charge in [-0.3, -0.25) is 4.79 Å². The molecule has 1 heterocycles. The van der Waals surface area contributed by atoms with Gasteiger partial charge in [0.25, 0.3) is 0 Å². The molecule has 2 aliphatic rings. The monoisotopic (exact) mass is 197 g/mol. The van der Waals surface area contributed by atoms with Crippen molar-refractivity contribution in [1.82, 2.24) is 5.32 Å². The highest BCUT2D eigenvalue weighted by Gasteiger charge is 2.39. The topological polar surface area (TPSA) is 38.3 Å². The number of nitrogens with one attached hydrogen (secondary N) is 1. The van der Waals surface area contributed by atoms with Gasteiger partial charge in [-0.05, 0) is 32.1 Å². The molecule has 3 heteroatoms. The van der Waals surface area contributed by atoms with E-state index in [0.717, 1.165) is 0 Å². The number of carbonyl (C=O) groups excluding carboxylic acids is 1. The summed E-state index contributed by atoms with van der Waals surface area (Å²) >= 11 is 0. The van der Waals surface area contributed by atoms with E-state index in [0.29, 0.717) is 18.6 Å². The molecule has 80 valence electrons. The lowest BCUT2D eigenvalue weighted by molar-refractivity contribution is -0.146. The first kappa shape index (κ1) is 9.97. The summed E-state index contributed by atoms with van der Waals surface area (Å²) in [5.41, 5.74) is 0. The summed E-state index contributed by atoms with van der Waals surface area (Å²) in [6.07, 6.45) is 6.17. The van der Waals surface area contributed by atoms with Gasteiger partial charge in [0.2, 0.25) is 0 Å². The molecule has 1 unspecified atom stereocenters. The first-order chi connectivity index (χ1) is 6.81. The molecule has 2 bridgehead atoms. The third-order valence-electron chi connectivity index (χ3n) is 3.39. The van der Waals surface area contributed by atoms with Gasteiger partial charge in [0, 0.05) is 6.04 Å². The lowest BCUT2D eigenvalue weighted by atomic mass is 9.96. The Kier molecular flexibility index (Phi) is 3.06. The molecule has 0 radical (unpaired) electrons. The third-order valence-corrected chi connectivity index (χ3v) is 3.39. The van der Waals surface area contributed by atoms with E-state index in [-0.39, 0.29) is 12.0 Å². The number of hydrogen-bond acceptors (Lipinski definition) is 3. The Labute approximate surface area is 85.2 Å². The highest BCUT2D eigenvalue weighted by atomic mass is 16.5. The Morgan fingerprint density at radius 3 is 3.00 bits per heavy atom. The molecule has 14 heavy (non-hydrogen) atoms. The molecular formula is C11H19NO2. The molecule has 0 spiro atoms. The average Bonchev–Trinajstić information content (AvgIpc) is 2.38. The van der Waals surface area contributed by atoms with Crippen molar-refractivity contribution in [1.29, 1.82) is 0 Å². The number of esters is 1. The average molecular weight is 197 g/mol. The Morgan fingerprint density at radius 2 is 2.21 bits per heavy atom. The van der Waals surface area contributed by atoms with Gasteiger partial charge in [0.05, 0.1) is 6.61 Å². The van der Waals surface area contributed by atoms with Crippen LogP contribution in [-0.4, -0.2) is 24.7 Å². The van der Waals surface area contributed by atoms with Gasteiger partial charge in [-0.15, -0.1) is 0 Å². The maximum Gasteiger partial charge on any atom is 0.323 e. The number of hydrogen-bond donors (Lipinski definition) is 1.